The lowest BCUT2D eigenvalue weighted by molar-refractivity contribution is 0.340. The molecule has 0 aliphatic rings. The van der Waals surface area contributed by atoms with Crippen molar-refractivity contribution in [2.75, 3.05) is 6.61 Å². The Balaban J connectivity index is 1.60. The predicted octanol–water partition coefficient (Wildman–Crippen LogP) is 4.06. The molecule has 0 N–H and O–H groups in total. The highest BCUT2D eigenvalue weighted by Gasteiger charge is 2.18. The van der Waals surface area contributed by atoms with Gasteiger partial charge in [0.05, 0.1) is 6.61 Å². The van der Waals surface area contributed by atoms with Crippen molar-refractivity contribution in [3.8, 4) is 23.1 Å². The van der Waals surface area contributed by atoms with Crippen LogP contribution in [0.2, 0.25) is 0 Å². The highest BCUT2D eigenvalue weighted by Crippen LogP contribution is 2.28. The summed E-state index contributed by atoms with van der Waals surface area (Å²) >= 11 is 0. The molecule has 0 saturated heterocycles. The summed E-state index contributed by atoms with van der Waals surface area (Å²) in [5.74, 6) is 1.07. The highest BCUT2D eigenvalue weighted by molar-refractivity contribution is 7.87. The Kier molecular flexibility index (Phi) is 4.70. The summed E-state index contributed by atoms with van der Waals surface area (Å²) in [7, 11) is -3.99. The number of hydrogen-bond acceptors (Lipinski definition) is 7. The smallest absolute Gasteiger partial charge is 0.339 e. The van der Waals surface area contributed by atoms with Gasteiger partial charge in [0.1, 0.15) is 27.6 Å². The van der Waals surface area contributed by atoms with E-state index in [1.54, 1.807) is 36.5 Å². The van der Waals surface area contributed by atoms with E-state index >= 15 is 0 Å². The number of benzene rings is 2. The fraction of sp³-hybridized carbons (Fsp3) is 0.100. The van der Waals surface area contributed by atoms with Crippen molar-refractivity contribution in [2.45, 2.75) is 11.8 Å². The maximum atomic E-state index is 12.5. The molecule has 0 fully saturated rings. The average Bonchev–Trinajstić information content (AvgIpc) is 3.12. The van der Waals surface area contributed by atoms with Crippen LogP contribution >= 0.6 is 0 Å². The summed E-state index contributed by atoms with van der Waals surface area (Å²) < 4.78 is 41.3. The normalized spacial score (nSPS) is 11.5. The Morgan fingerprint density at radius 2 is 1.79 bits per heavy atom. The maximum absolute atomic E-state index is 12.5. The number of nitrogens with zero attached hydrogens (tertiary/aromatic N) is 2. The molecule has 4 aromatic rings. The monoisotopic (exact) mass is 396 g/mol. The zero-order valence-electron chi connectivity index (χ0n) is 14.9. The quantitative estimate of drug-likeness (QED) is 0.454. The van der Waals surface area contributed by atoms with E-state index in [0.717, 1.165) is 0 Å². The van der Waals surface area contributed by atoms with Gasteiger partial charge >= 0.3 is 10.1 Å². The Morgan fingerprint density at radius 3 is 2.50 bits per heavy atom. The summed E-state index contributed by atoms with van der Waals surface area (Å²) in [5.41, 5.74) is 1.56. The SMILES string of the molecule is CCOc1ccc(S(=O)(=O)Oc2ccc3nc(-c4ccccn4)oc3c2)cc1. The van der Waals surface area contributed by atoms with Crippen molar-refractivity contribution in [3.63, 3.8) is 0 Å². The van der Waals surface area contributed by atoms with Crippen LogP contribution in [-0.2, 0) is 10.1 Å². The van der Waals surface area contributed by atoms with E-state index in [4.69, 9.17) is 13.3 Å². The van der Waals surface area contributed by atoms with Gasteiger partial charge in [0, 0.05) is 12.3 Å². The van der Waals surface area contributed by atoms with E-state index in [9.17, 15) is 8.42 Å². The Hall–Kier alpha value is -3.39. The minimum Gasteiger partial charge on any atom is -0.494 e. The summed E-state index contributed by atoms with van der Waals surface area (Å²) in [4.78, 5) is 8.58. The zero-order chi connectivity index (χ0) is 19.6. The summed E-state index contributed by atoms with van der Waals surface area (Å²) in [6.07, 6.45) is 1.64. The highest BCUT2D eigenvalue weighted by atomic mass is 32.2. The van der Waals surface area contributed by atoms with Crippen LogP contribution in [0, 0.1) is 0 Å². The van der Waals surface area contributed by atoms with Crippen molar-refractivity contribution in [1.29, 1.82) is 0 Å². The molecule has 4 rings (SSSR count). The van der Waals surface area contributed by atoms with Crippen molar-refractivity contribution >= 4 is 21.2 Å². The molecule has 0 unspecified atom stereocenters. The topological polar surface area (TPSA) is 91.5 Å². The Bertz CT molecular complexity index is 1200. The molecule has 7 nitrogen and oxygen atoms in total. The first-order valence-corrected chi connectivity index (χ1v) is 9.95. The van der Waals surface area contributed by atoms with E-state index < -0.39 is 10.1 Å². The standard InChI is InChI=1S/C20H16N2O5S/c1-2-25-14-6-9-16(10-7-14)28(23,24)27-15-8-11-17-19(13-15)26-20(22-17)18-5-3-4-12-21-18/h3-13H,2H2,1H3. The third kappa shape index (κ3) is 3.67. The fourth-order valence-electron chi connectivity index (χ4n) is 2.60. The largest absolute Gasteiger partial charge is 0.494 e. The molecule has 0 spiro atoms. The van der Waals surface area contributed by atoms with E-state index in [1.165, 1.54) is 24.3 Å². The molecule has 2 aromatic heterocycles. The molecular formula is C20H16N2O5S. The molecule has 0 bridgehead atoms. The third-order valence-electron chi connectivity index (χ3n) is 3.87. The van der Waals surface area contributed by atoms with Gasteiger partial charge < -0.3 is 13.3 Å². The van der Waals surface area contributed by atoms with Gasteiger partial charge in [-0.15, -0.1) is 0 Å². The van der Waals surface area contributed by atoms with E-state index in [0.29, 0.717) is 35.0 Å². The lowest BCUT2D eigenvalue weighted by atomic mass is 10.3. The van der Waals surface area contributed by atoms with Gasteiger partial charge in [-0.05, 0) is 55.5 Å². The van der Waals surface area contributed by atoms with Crippen LogP contribution < -0.4 is 8.92 Å². The second-order valence-corrected chi connectivity index (χ2v) is 7.35. The minimum absolute atomic E-state index is 0.0304. The molecule has 0 radical (unpaired) electrons. The number of ether oxygens (including phenoxy) is 1. The molecule has 8 heteroatoms. The van der Waals surface area contributed by atoms with Crippen LogP contribution in [0.4, 0.5) is 0 Å². The molecule has 2 heterocycles. The lowest BCUT2D eigenvalue weighted by Crippen LogP contribution is -2.09. The Labute approximate surface area is 161 Å². The zero-order valence-corrected chi connectivity index (χ0v) is 15.7. The number of aromatic nitrogens is 2. The first kappa shape index (κ1) is 18.0. The minimum atomic E-state index is -3.99. The number of hydrogen-bond donors (Lipinski definition) is 0. The Morgan fingerprint density at radius 1 is 1.00 bits per heavy atom. The fourth-order valence-corrected chi connectivity index (χ4v) is 3.52. The van der Waals surface area contributed by atoms with Gasteiger partial charge in [-0.1, -0.05) is 6.07 Å². The van der Waals surface area contributed by atoms with Crippen molar-refractivity contribution < 1.29 is 21.8 Å². The molecule has 2 aromatic carbocycles. The van der Waals surface area contributed by atoms with Crippen molar-refractivity contribution in [3.05, 3.63) is 66.9 Å². The van der Waals surface area contributed by atoms with Crippen LogP contribution in [0.1, 0.15) is 6.92 Å². The second kappa shape index (κ2) is 7.32. The predicted molar refractivity (Wildman–Crippen MR) is 103 cm³/mol. The number of rotatable bonds is 6. The molecule has 0 amide bonds. The third-order valence-corrected chi connectivity index (χ3v) is 5.13. The van der Waals surface area contributed by atoms with Gasteiger partial charge in [0.25, 0.3) is 0 Å². The first-order valence-electron chi connectivity index (χ1n) is 8.54. The summed E-state index contributed by atoms with van der Waals surface area (Å²) in [5, 5.41) is 0. The van der Waals surface area contributed by atoms with E-state index in [1.807, 2.05) is 13.0 Å². The molecule has 0 aliphatic heterocycles. The first-order chi connectivity index (χ1) is 13.5. The van der Waals surface area contributed by atoms with Gasteiger partial charge in [0.2, 0.25) is 5.89 Å². The van der Waals surface area contributed by atoms with Crippen LogP contribution in [0.25, 0.3) is 22.7 Å². The molecule has 0 aliphatic carbocycles. The van der Waals surface area contributed by atoms with Crippen LogP contribution in [0.5, 0.6) is 11.5 Å². The second-order valence-electron chi connectivity index (χ2n) is 5.81. The van der Waals surface area contributed by atoms with Crippen molar-refractivity contribution in [2.24, 2.45) is 0 Å². The molecule has 142 valence electrons. The van der Waals surface area contributed by atoms with E-state index in [-0.39, 0.29) is 10.6 Å². The van der Waals surface area contributed by atoms with Gasteiger partial charge in [-0.25, -0.2) is 4.98 Å². The van der Waals surface area contributed by atoms with Gasteiger partial charge in [-0.2, -0.15) is 8.42 Å². The molecular weight excluding hydrogens is 380 g/mol. The number of oxazole rings is 1. The van der Waals surface area contributed by atoms with Crippen molar-refractivity contribution in [1.82, 2.24) is 9.97 Å². The van der Waals surface area contributed by atoms with E-state index in [2.05, 4.69) is 9.97 Å². The molecule has 0 saturated carbocycles. The number of pyridine rings is 1. The summed E-state index contributed by atoms with van der Waals surface area (Å²) in [6, 6.07) is 16.1. The van der Waals surface area contributed by atoms with Crippen LogP contribution in [0.15, 0.2) is 76.2 Å². The van der Waals surface area contributed by atoms with Crippen LogP contribution in [-0.4, -0.2) is 25.0 Å². The lowest BCUT2D eigenvalue weighted by Gasteiger charge is -2.08. The van der Waals surface area contributed by atoms with Gasteiger partial charge in [-0.3, -0.25) is 4.98 Å². The molecule has 0 atom stereocenters. The summed E-state index contributed by atoms with van der Waals surface area (Å²) in [6.45, 7) is 2.35. The maximum Gasteiger partial charge on any atom is 0.339 e. The number of fused-ring (bicyclic) bond motifs is 1. The van der Waals surface area contributed by atoms with Gasteiger partial charge in [0.15, 0.2) is 5.58 Å². The average molecular weight is 396 g/mol. The molecule has 28 heavy (non-hydrogen) atoms. The van der Waals surface area contributed by atoms with Crippen LogP contribution in [0.3, 0.4) is 0 Å².